The van der Waals surface area contributed by atoms with Crippen molar-refractivity contribution in [1.29, 1.82) is 0 Å². The molecular formula is C20H25NO4S2. The van der Waals surface area contributed by atoms with E-state index in [0.29, 0.717) is 10.5 Å². The maximum atomic E-state index is 13.3. The summed E-state index contributed by atoms with van der Waals surface area (Å²) in [7, 11) is -7.17. The van der Waals surface area contributed by atoms with Crippen molar-refractivity contribution in [1.82, 2.24) is 4.72 Å². The van der Waals surface area contributed by atoms with E-state index in [0.717, 1.165) is 27.8 Å². The molecule has 146 valence electrons. The molecule has 0 unspecified atom stereocenters. The minimum atomic E-state index is -3.81. The SMILES string of the molecule is Cc1c(C)c(C)c(S(=O)(=O)N[C@@H]2CCS(=O)(=O)c3ccccc32)c(C)c1C. The maximum Gasteiger partial charge on any atom is 0.241 e. The van der Waals surface area contributed by atoms with Crippen molar-refractivity contribution in [3.05, 3.63) is 57.6 Å². The Labute approximate surface area is 161 Å². The number of benzene rings is 2. The van der Waals surface area contributed by atoms with E-state index in [4.69, 9.17) is 0 Å². The maximum absolute atomic E-state index is 13.3. The fraction of sp³-hybridized carbons (Fsp3) is 0.400. The van der Waals surface area contributed by atoms with Gasteiger partial charge in [-0.15, -0.1) is 0 Å². The third-order valence-electron chi connectivity index (χ3n) is 5.80. The van der Waals surface area contributed by atoms with Gasteiger partial charge in [-0.25, -0.2) is 21.6 Å². The van der Waals surface area contributed by atoms with Gasteiger partial charge in [0.15, 0.2) is 9.84 Å². The van der Waals surface area contributed by atoms with Crippen LogP contribution in [-0.4, -0.2) is 22.6 Å². The summed E-state index contributed by atoms with van der Waals surface area (Å²) in [6, 6.07) is 6.06. The summed E-state index contributed by atoms with van der Waals surface area (Å²) >= 11 is 0. The fourth-order valence-corrected chi connectivity index (χ4v) is 7.30. The van der Waals surface area contributed by atoms with Crippen molar-refractivity contribution in [2.75, 3.05) is 5.75 Å². The van der Waals surface area contributed by atoms with Crippen LogP contribution < -0.4 is 4.72 Å². The zero-order valence-electron chi connectivity index (χ0n) is 16.3. The van der Waals surface area contributed by atoms with Gasteiger partial charge in [0.05, 0.1) is 15.5 Å². The van der Waals surface area contributed by atoms with Crippen molar-refractivity contribution in [3.63, 3.8) is 0 Å². The van der Waals surface area contributed by atoms with Gasteiger partial charge in [-0.1, -0.05) is 18.2 Å². The average molecular weight is 408 g/mol. The third kappa shape index (κ3) is 3.32. The van der Waals surface area contributed by atoms with Crippen LogP contribution in [0.4, 0.5) is 0 Å². The molecule has 1 N–H and O–H groups in total. The molecule has 7 heteroatoms. The molecule has 0 bridgehead atoms. The molecular weight excluding hydrogens is 382 g/mol. The highest BCUT2D eigenvalue weighted by molar-refractivity contribution is 7.91. The lowest BCUT2D eigenvalue weighted by Crippen LogP contribution is -2.34. The van der Waals surface area contributed by atoms with Crippen LogP contribution in [0.15, 0.2) is 34.1 Å². The lowest BCUT2D eigenvalue weighted by molar-refractivity contribution is 0.527. The fourth-order valence-electron chi connectivity index (χ4n) is 3.83. The van der Waals surface area contributed by atoms with E-state index in [9.17, 15) is 16.8 Å². The van der Waals surface area contributed by atoms with Crippen LogP contribution in [0.3, 0.4) is 0 Å². The van der Waals surface area contributed by atoms with Gasteiger partial charge in [-0.3, -0.25) is 0 Å². The van der Waals surface area contributed by atoms with E-state index in [-0.39, 0.29) is 17.1 Å². The molecule has 2 aromatic carbocycles. The lowest BCUT2D eigenvalue weighted by atomic mass is 9.95. The normalized spacial score (nSPS) is 18.9. The first-order chi connectivity index (χ1) is 12.5. The Balaban J connectivity index is 2.10. The zero-order valence-corrected chi connectivity index (χ0v) is 17.9. The standard InChI is InChI=1S/C20H25NO4S2/c1-12-13(2)15(4)20(16(5)14(12)3)27(24,25)21-18-10-11-26(22,23)19-9-7-6-8-17(18)19/h6-9,18,21H,10-11H2,1-5H3/t18-/m1/s1. The minimum Gasteiger partial charge on any atom is -0.224 e. The van der Waals surface area contributed by atoms with Gasteiger partial charge < -0.3 is 0 Å². The van der Waals surface area contributed by atoms with E-state index >= 15 is 0 Å². The number of nitrogens with one attached hydrogen (secondary N) is 1. The second kappa shape index (κ2) is 6.72. The van der Waals surface area contributed by atoms with Crippen molar-refractivity contribution < 1.29 is 16.8 Å². The van der Waals surface area contributed by atoms with Crippen molar-refractivity contribution in [2.24, 2.45) is 0 Å². The Kier molecular flexibility index (Phi) is 4.99. The zero-order chi connectivity index (χ0) is 20.1. The molecule has 3 rings (SSSR count). The van der Waals surface area contributed by atoms with Crippen LogP contribution in [0, 0.1) is 34.6 Å². The molecule has 27 heavy (non-hydrogen) atoms. The topological polar surface area (TPSA) is 80.3 Å². The largest absolute Gasteiger partial charge is 0.241 e. The Morgan fingerprint density at radius 1 is 0.889 bits per heavy atom. The molecule has 1 aliphatic heterocycles. The Morgan fingerprint density at radius 3 is 2.00 bits per heavy atom. The lowest BCUT2D eigenvalue weighted by Gasteiger charge is -2.27. The quantitative estimate of drug-likeness (QED) is 0.845. The van der Waals surface area contributed by atoms with Gasteiger partial charge in [0, 0.05) is 6.04 Å². The number of sulfone groups is 1. The van der Waals surface area contributed by atoms with E-state index < -0.39 is 25.9 Å². The van der Waals surface area contributed by atoms with Crippen LogP contribution in [0.2, 0.25) is 0 Å². The minimum absolute atomic E-state index is 0.0683. The number of rotatable bonds is 3. The molecule has 1 atom stereocenters. The molecule has 0 amide bonds. The van der Waals surface area contributed by atoms with Gasteiger partial charge in [-0.2, -0.15) is 0 Å². The van der Waals surface area contributed by atoms with Gasteiger partial charge >= 0.3 is 0 Å². The first kappa shape index (κ1) is 20.0. The highest BCUT2D eigenvalue weighted by Crippen LogP contribution is 2.35. The molecule has 2 aromatic rings. The molecule has 0 radical (unpaired) electrons. The Bertz CT molecular complexity index is 1100. The highest BCUT2D eigenvalue weighted by Gasteiger charge is 2.34. The number of hydrogen-bond donors (Lipinski definition) is 1. The number of hydrogen-bond acceptors (Lipinski definition) is 4. The van der Waals surface area contributed by atoms with E-state index in [1.165, 1.54) is 0 Å². The second-order valence-electron chi connectivity index (χ2n) is 7.27. The smallest absolute Gasteiger partial charge is 0.224 e. The summed E-state index contributed by atoms with van der Waals surface area (Å²) < 4.78 is 53.9. The van der Waals surface area contributed by atoms with Crippen LogP contribution >= 0.6 is 0 Å². The van der Waals surface area contributed by atoms with Crippen LogP contribution in [-0.2, 0) is 19.9 Å². The molecule has 1 heterocycles. The van der Waals surface area contributed by atoms with E-state index in [1.807, 2.05) is 34.6 Å². The molecule has 0 saturated heterocycles. The molecule has 0 fully saturated rings. The first-order valence-electron chi connectivity index (χ1n) is 8.88. The summed E-state index contributed by atoms with van der Waals surface area (Å²) in [4.78, 5) is 0.516. The van der Waals surface area contributed by atoms with Gasteiger partial charge in [0.1, 0.15) is 0 Å². The van der Waals surface area contributed by atoms with Gasteiger partial charge in [-0.05, 0) is 80.5 Å². The predicted molar refractivity (Wildman–Crippen MR) is 106 cm³/mol. The van der Waals surface area contributed by atoms with E-state index in [1.54, 1.807) is 24.3 Å². The summed E-state index contributed by atoms with van der Waals surface area (Å²) in [6.07, 6.45) is 0.223. The van der Waals surface area contributed by atoms with Crippen LogP contribution in [0.25, 0.3) is 0 Å². The predicted octanol–water partition coefficient (Wildman–Crippen LogP) is 3.43. The molecule has 0 aromatic heterocycles. The number of fused-ring (bicyclic) bond motifs is 1. The van der Waals surface area contributed by atoms with Gasteiger partial charge in [0.2, 0.25) is 10.0 Å². The summed E-state index contributed by atoms with van der Waals surface area (Å²) in [6.45, 7) is 9.50. The van der Waals surface area contributed by atoms with Crippen molar-refractivity contribution >= 4 is 19.9 Å². The monoisotopic (exact) mass is 407 g/mol. The molecule has 0 saturated carbocycles. The Hall–Kier alpha value is -1.70. The van der Waals surface area contributed by atoms with E-state index in [2.05, 4.69) is 4.72 Å². The first-order valence-corrected chi connectivity index (χ1v) is 12.0. The summed E-state index contributed by atoms with van der Waals surface area (Å²) in [5, 5.41) is 0. The van der Waals surface area contributed by atoms with Crippen LogP contribution in [0.5, 0.6) is 0 Å². The molecule has 5 nitrogen and oxygen atoms in total. The highest BCUT2D eigenvalue weighted by atomic mass is 32.2. The molecule has 1 aliphatic rings. The third-order valence-corrected chi connectivity index (χ3v) is 9.36. The molecule has 0 spiro atoms. The Morgan fingerprint density at radius 2 is 1.41 bits per heavy atom. The van der Waals surface area contributed by atoms with Crippen molar-refractivity contribution in [2.45, 2.75) is 56.9 Å². The summed E-state index contributed by atoms with van der Waals surface area (Å²) in [5.74, 6) is -0.0683. The van der Waals surface area contributed by atoms with Gasteiger partial charge in [0.25, 0.3) is 0 Å². The second-order valence-corrected chi connectivity index (χ2v) is 11.0. The van der Waals surface area contributed by atoms with Crippen molar-refractivity contribution in [3.8, 4) is 0 Å². The average Bonchev–Trinajstić information content (AvgIpc) is 2.61. The summed E-state index contributed by atoms with van der Waals surface area (Å²) in [5.41, 5.74) is 5.01. The van der Waals surface area contributed by atoms with Crippen LogP contribution in [0.1, 0.15) is 45.8 Å². The number of sulfonamides is 1. The molecule has 0 aliphatic carbocycles.